The lowest BCUT2D eigenvalue weighted by atomic mass is 10.2. The van der Waals surface area contributed by atoms with E-state index in [2.05, 4.69) is 14.7 Å². The van der Waals surface area contributed by atoms with E-state index < -0.39 is 15.8 Å². The summed E-state index contributed by atoms with van der Waals surface area (Å²) in [6.07, 6.45) is 0. The van der Waals surface area contributed by atoms with Crippen LogP contribution in [0.4, 0.5) is 10.3 Å². The standard InChI is InChI=1S/C12H11ClFN3O3S/c1-20-11-6-10(13)15-12(16-11)17-21(18,19)7-8-2-4-9(14)5-3-8/h2-6H,7H2,1H3,(H,15,16,17). The van der Waals surface area contributed by atoms with Gasteiger partial charge in [-0.3, -0.25) is 4.72 Å². The number of nitrogens with one attached hydrogen (secondary N) is 1. The third kappa shape index (κ3) is 4.54. The molecule has 112 valence electrons. The molecule has 1 aromatic carbocycles. The van der Waals surface area contributed by atoms with Crippen molar-refractivity contribution in [2.75, 3.05) is 11.8 Å². The number of hydrogen-bond donors (Lipinski definition) is 1. The first-order valence-electron chi connectivity index (χ1n) is 5.71. The number of sulfonamides is 1. The number of nitrogens with zero attached hydrogens (tertiary/aromatic N) is 2. The van der Waals surface area contributed by atoms with Gasteiger partial charge in [-0.1, -0.05) is 23.7 Å². The maximum absolute atomic E-state index is 12.8. The molecule has 0 saturated carbocycles. The van der Waals surface area contributed by atoms with Gasteiger partial charge < -0.3 is 4.74 Å². The van der Waals surface area contributed by atoms with Gasteiger partial charge in [0.05, 0.1) is 12.9 Å². The minimum Gasteiger partial charge on any atom is -0.481 e. The van der Waals surface area contributed by atoms with Crippen molar-refractivity contribution in [3.63, 3.8) is 0 Å². The van der Waals surface area contributed by atoms with E-state index in [1.807, 2.05) is 0 Å². The molecule has 21 heavy (non-hydrogen) atoms. The van der Waals surface area contributed by atoms with Crippen LogP contribution >= 0.6 is 11.6 Å². The fourth-order valence-corrected chi connectivity index (χ4v) is 2.77. The van der Waals surface area contributed by atoms with E-state index in [-0.39, 0.29) is 22.7 Å². The molecular formula is C12H11ClFN3O3S. The summed E-state index contributed by atoms with van der Waals surface area (Å²) in [7, 11) is -2.38. The van der Waals surface area contributed by atoms with Gasteiger partial charge in [-0.2, -0.15) is 4.98 Å². The monoisotopic (exact) mass is 331 g/mol. The van der Waals surface area contributed by atoms with Crippen LogP contribution in [0.15, 0.2) is 30.3 Å². The summed E-state index contributed by atoms with van der Waals surface area (Å²) < 4.78 is 43.8. The molecule has 6 nitrogen and oxygen atoms in total. The molecule has 1 aromatic heterocycles. The Balaban J connectivity index is 2.17. The normalized spacial score (nSPS) is 11.2. The second kappa shape index (κ2) is 6.23. The van der Waals surface area contributed by atoms with Gasteiger partial charge in [0.2, 0.25) is 21.9 Å². The van der Waals surface area contributed by atoms with Crippen molar-refractivity contribution in [3.05, 3.63) is 46.9 Å². The molecule has 0 bridgehead atoms. The van der Waals surface area contributed by atoms with Crippen LogP contribution in [-0.2, 0) is 15.8 Å². The third-order valence-electron chi connectivity index (χ3n) is 2.40. The average Bonchev–Trinajstić information content (AvgIpc) is 2.39. The van der Waals surface area contributed by atoms with Crippen molar-refractivity contribution in [2.45, 2.75) is 5.75 Å². The molecule has 0 unspecified atom stereocenters. The molecule has 1 heterocycles. The first-order valence-corrected chi connectivity index (χ1v) is 7.74. The maximum atomic E-state index is 12.8. The van der Waals surface area contributed by atoms with E-state index in [1.165, 1.54) is 37.4 Å². The number of halogens is 2. The highest BCUT2D eigenvalue weighted by molar-refractivity contribution is 7.91. The van der Waals surface area contributed by atoms with Crippen LogP contribution in [0.2, 0.25) is 5.15 Å². The van der Waals surface area contributed by atoms with Crippen molar-refractivity contribution in [2.24, 2.45) is 0 Å². The molecule has 0 atom stereocenters. The molecular weight excluding hydrogens is 321 g/mol. The van der Waals surface area contributed by atoms with Crippen molar-refractivity contribution in [3.8, 4) is 5.88 Å². The van der Waals surface area contributed by atoms with Crippen molar-refractivity contribution < 1.29 is 17.5 Å². The molecule has 0 saturated heterocycles. The smallest absolute Gasteiger partial charge is 0.241 e. The Hall–Kier alpha value is -1.93. The van der Waals surface area contributed by atoms with Crippen molar-refractivity contribution in [1.82, 2.24) is 9.97 Å². The first-order chi connectivity index (χ1) is 9.88. The maximum Gasteiger partial charge on any atom is 0.241 e. The quantitative estimate of drug-likeness (QED) is 0.850. The Morgan fingerprint density at radius 2 is 1.95 bits per heavy atom. The Kier molecular flexibility index (Phi) is 4.59. The summed E-state index contributed by atoms with van der Waals surface area (Å²) in [5, 5.41) is 0.0429. The molecule has 2 aromatic rings. The van der Waals surface area contributed by atoms with Crippen LogP contribution in [-0.4, -0.2) is 25.5 Å². The van der Waals surface area contributed by atoms with Crippen molar-refractivity contribution >= 4 is 27.6 Å². The summed E-state index contributed by atoms with van der Waals surface area (Å²) in [5.41, 5.74) is 0.429. The summed E-state index contributed by atoms with van der Waals surface area (Å²) in [6.45, 7) is 0. The van der Waals surface area contributed by atoms with Gasteiger partial charge in [0.25, 0.3) is 0 Å². The number of anilines is 1. The lowest BCUT2D eigenvalue weighted by Gasteiger charge is -2.08. The molecule has 0 spiro atoms. The summed E-state index contributed by atoms with van der Waals surface area (Å²) >= 11 is 5.73. The van der Waals surface area contributed by atoms with Gasteiger partial charge in [-0.25, -0.2) is 17.8 Å². The van der Waals surface area contributed by atoms with Crippen LogP contribution in [0.5, 0.6) is 5.88 Å². The van der Waals surface area contributed by atoms with Crippen LogP contribution in [0, 0.1) is 5.82 Å². The van der Waals surface area contributed by atoms with Gasteiger partial charge in [-0.05, 0) is 17.7 Å². The third-order valence-corrected chi connectivity index (χ3v) is 3.80. The predicted octanol–water partition coefficient (Wildman–Crippen LogP) is 2.22. The Bertz CT molecular complexity index is 738. The van der Waals surface area contributed by atoms with Crippen LogP contribution in [0.25, 0.3) is 0 Å². The van der Waals surface area contributed by atoms with E-state index in [0.29, 0.717) is 5.56 Å². The molecule has 2 rings (SSSR count). The molecule has 0 radical (unpaired) electrons. The molecule has 0 aliphatic heterocycles. The average molecular weight is 332 g/mol. The first kappa shape index (κ1) is 15.5. The minimum absolute atomic E-state index is 0.0429. The summed E-state index contributed by atoms with van der Waals surface area (Å²) in [4.78, 5) is 7.57. The fraction of sp³-hybridized carbons (Fsp3) is 0.167. The fourth-order valence-electron chi connectivity index (χ4n) is 1.52. The zero-order chi connectivity index (χ0) is 15.5. The molecule has 0 aliphatic rings. The lowest BCUT2D eigenvalue weighted by Crippen LogP contribution is -2.17. The highest BCUT2D eigenvalue weighted by Gasteiger charge is 2.15. The van der Waals surface area contributed by atoms with E-state index >= 15 is 0 Å². The van der Waals surface area contributed by atoms with Gasteiger partial charge in [0.1, 0.15) is 11.0 Å². The molecule has 0 fully saturated rings. The van der Waals surface area contributed by atoms with Gasteiger partial charge in [0.15, 0.2) is 0 Å². The van der Waals surface area contributed by atoms with Crippen LogP contribution < -0.4 is 9.46 Å². The number of ether oxygens (including phenoxy) is 1. The Morgan fingerprint density at radius 1 is 1.29 bits per heavy atom. The predicted molar refractivity (Wildman–Crippen MR) is 76.2 cm³/mol. The number of aromatic nitrogens is 2. The van der Waals surface area contributed by atoms with Gasteiger partial charge >= 0.3 is 0 Å². The minimum atomic E-state index is -3.75. The SMILES string of the molecule is COc1cc(Cl)nc(NS(=O)(=O)Cc2ccc(F)cc2)n1. The van der Waals surface area contributed by atoms with Crippen molar-refractivity contribution in [1.29, 1.82) is 0 Å². The molecule has 1 N–H and O–H groups in total. The van der Waals surface area contributed by atoms with Gasteiger partial charge in [0, 0.05) is 6.07 Å². The largest absolute Gasteiger partial charge is 0.481 e. The van der Waals surface area contributed by atoms with E-state index in [1.54, 1.807) is 0 Å². The summed E-state index contributed by atoms with van der Waals surface area (Å²) in [5.74, 6) is -0.839. The van der Waals surface area contributed by atoms with Crippen LogP contribution in [0.1, 0.15) is 5.56 Å². The van der Waals surface area contributed by atoms with E-state index in [0.717, 1.165) is 0 Å². The Morgan fingerprint density at radius 3 is 2.57 bits per heavy atom. The second-order valence-corrected chi connectivity index (χ2v) is 6.15. The number of benzene rings is 1. The highest BCUT2D eigenvalue weighted by Crippen LogP contribution is 2.17. The van der Waals surface area contributed by atoms with E-state index in [9.17, 15) is 12.8 Å². The topological polar surface area (TPSA) is 81.2 Å². The number of hydrogen-bond acceptors (Lipinski definition) is 5. The van der Waals surface area contributed by atoms with Crippen LogP contribution in [0.3, 0.4) is 0 Å². The molecule has 9 heteroatoms. The highest BCUT2D eigenvalue weighted by atomic mass is 35.5. The number of methoxy groups -OCH3 is 1. The zero-order valence-electron chi connectivity index (χ0n) is 10.9. The molecule has 0 amide bonds. The van der Waals surface area contributed by atoms with E-state index in [4.69, 9.17) is 16.3 Å². The lowest BCUT2D eigenvalue weighted by molar-refractivity contribution is 0.397. The summed E-state index contributed by atoms with van der Waals surface area (Å²) in [6, 6.07) is 6.48. The number of rotatable bonds is 5. The zero-order valence-corrected chi connectivity index (χ0v) is 12.4. The molecule has 0 aliphatic carbocycles. The second-order valence-electron chi connectivity index (χ2n) is 4.04. The van der Waals surface area contributed by atoms with Gasteiger partial charge in [-0.15, -0.1) is 0 Å². The Labute approximate surface area is 126 Å².